The predicted octanol–water partition coefficient (Wildman–Crippen LogP) is 1.65. The number of carbonyl (C=O) groups excluding carboxylic acids is 2. The van der Waals surface area contributed by atoms with Gasteiger partial charge in [0.25, 0.3) is 0 Å². The number of aromatic nitrogens is 2. The molecule has 37 heavy (non-hydrogen) atoms. The number of fused-ring (bicyclic) bond motifs is 2. The van der Waals surface area contributed by atoms with Crippen molar-refractivity contribution in [3.8, 4) is 17.4 Å². The van der Waals surface area contributed by atoms with Crippen LogP contribution < -0.4 is 25.3 Å². The van der Waals surface area contributed by atoms with Crippen molar-refractivity contribution in [2.75, 3.05) is 45.3 Å². The summed E-state index contributed by atoms with van der Waals surface area (Å²) >= 11 is 0. The molecular weight excluding hydrogens is 478 g/mol. The number of rotatable bonds is 7. The zero-order valence-electron chi connectivity index (χ0n) is 20.5. The van der Waals surface area contributed by atoms with Crippen LogP contribution in [0.25, 0.3) is 11.0 Å². The standard InChI is InChI=1S/C26H29N5O6/c1-35-22-5-3-17-23(30-22)18(6-9-28-17)29-25(34)26(24(27)33)7-10-31(11-8-26)15-19(32)16-2-4-20-21(14-16)37-13-12-36-20/h2-6,9,14,19,32H,7-8,10-13,15H2,1H3,(H2,27,33)(H,28,29,34)/t19-/m1/s1. The molecule has 11 heteroatoms. The van der Waals surface area contributed by atoms with Crippen LogP contribution in [0.4, 0.5) is 5.69 Å². The van der Waals surface area contributed by atoms with Gasteiger partial charge in [0.05, 0.1) is 24.4 Å². The summed E-state index contributed by atoms with van der Waals surface area (Å²) in [5.41, 5.74) is 6.56. The Balaban J connectivity index is 1.27. The van der Waals surface area contributed by atoms with E-state index in [1.807, 2.05) is 11.0 Å². The Morgan fingerprint density at radius 3 is 2.65 bits per heavy atom. The second-order valence-corrected chi connectivity index (χ2v) is 9.20. The highest BCUT2D eigenvalue weighted by Gasteiger charge is 2.47. The van der Waals surface area contributed by atoms with Crippen LogP contribution in [0.5, 0.6) is 17.4 Å². The maximum Gasteiger partial charge on any atom is 0.240 e. The molecule has 0 saturated carbocycles. The molecule has 5 rings (SSSR count). The molecule has 0 spiro atoms. The molecule has 2 aliphatic rings. The zero-order valence-corrected chi connectivity index (χ0v) is 20.5. The first-order chi connectivity index (χ1) is 17.9. The first-order valence-electron chi connectivity index (χ1n) is 12.1. The SMILES string of the molecule is COc1ccc2nccc(NC(=O)C3(C(N)=O)CCN(C[C@@H](O)c4ccc5c(c4)OCCO5)CC3)c2n1. The number of nitrogens with two attached hydrogens (primary N) is 1. The van der Waals surface area contributed by atoms with E-state index in [0.29, 0.717) is 72.5 Å². The number of ether oxygens (including phenoxy) is 3. The van der Waals surface area contributed by atoms with Crippen LogP contribution in [0.3, 0.4) is 0 Å². The van der Waals surface area contributed by atoms with Gasteiger partial charge in [0.2, 0.25) is 17.7 Å². The van der Waals surface area contributed by atoms with Crippen molar-refractivity contribution in [3.63, 3.8) is 0 Å². The van der Waals surface area contributed by atoms with Gasteiger partial charge >= 0.3 is 0 Å². The molecule has 1 saturated heterocycles. The van der Waals surface area contributed by atoms with Gasteiger partial charge < -0.3 is 35.3 Å². The van der Waals surface area contributed by atoms with Crippen molar-refractivity contribution in [2.45, 2.75) is 18.9 Å². The van der Waals surface area contributed by atoms with E-state index in [0.717, 1.165) is 0 Å². The van der Waals surface area contributed by atoms with Gasteiger partial charge in [-0.15, -0.1) is 0 Å². The molecule has 11 nitrogen and oxygen atoms in total. The third-order valence-electron chi connectivity index (χ3n) is 7.01. The summed E-state index contributed by atoms with van der Waals surface area (Å²) < 4.78 is 16.3. The van der Waals surface area contributed by atoms with E-state index in [2.05, 4.69) is 15.3 Å². The molecule has 0 radical (unpaired) electrons. The minimum absolute atomic E-state index is 0.224. The lowest BCUT2D eigenvalue weighted by Gasteiger charge is -2.39. The fraction of sp³-hybridized carbons (Fsp3) is 0.385. The summed E-state index contributed by atoms with van der Waals surface area (Å²) in [4.78, 5) is 36.7. The maximum atomic E-state index is 13.4. The Morgan fingerprint density at radius 1 is 1.16 bits per heavy atom. The topological polar surface area (TPSA) is 149 Å². The van der Waals surface area contributed by atoms with Gasteiger partial charge in [-0.3, -0.25) is 14.6 Å². The number of aliphatic hydroxyl groups excluding tert-OH is 1. The highest BCUT2D eigenvalue weighted by molar-refractivity contribution is 6.12. The van der Waals surface area contributed by atoms with Gasteiger partial charge in [-0.05, 0) is 55.8 Å². The number of hydrogen-bond donors (Lipinski definition) is 3. The molecule has 0 aliphatic carbocycles. The average Bonchev–Trinajstić information content (AvgIpc) is 2.93. The summed E-state index contributed by atoms with van der Waals surface area (Å²) in [5, 5.41) is 13.7. The molecule has 1 fully saturated rings. The quantitative estimate of drug-likeness (QED) is 0.406. The number of pyridine rings is 2. The highest BCUT2D eigenvalue weighted by Crippen LogP contribution is 2.36. The number of carbonyl (C=O) groups is 2. The molecule has 2 aromatic heterocycles. The number of piperidine rings is 1. The Bertz CT molecular complexity index is 1320. The number of nitrogens with one attached hydrogen (secondary N) is 1. The van der Waals surface area contributed by atoms with Crippen LogP contribution >= 0.6 is 0 Å². The first kappa shape index (κ1) is 24.7. The normalized spacial score (nSPS) is 17.7. The van der Waals surface area contributed by atoms with Crippen molar-refractivity contribution in [3.05, 3.63) is 48.2 Å². The minimum atomic E-state index is -1.38. The van der Waals surface area contributed by atoms with Crippen molar-refractivity contribution in [1.82, 2.24) is 14.9 Å². The second kappa shape index (κ2) is 10.2. The highest BCUT2D eigenvalue weighted by atomic mass is 16.6. The van der Waals surface area contributed by atoms with Crippen LogP contribution in [-0.4, -0.2) is 71.7 Å². The molecule has 1 aromatic carbocycles. The van der Waals surface area contributed by atoms with Crippen LogP contribution in [0.15, 0.2) is 42.6 Å². The van der Waals surface area contributed by atoms with Crippen LogP contribution in [0, 0.1) is 5.41 Å². The predicted molar refractivity (Wildman–Crippen MR) is 134 cm³/mol. The van der Waals surface area contributed by atoms with E-state index in [-0.39, 0.29) is 12.8 Å². The zero-order chi connectivity index (χ0) is 26.0. The number of benzene rings is 1. The largest absolute Gasteiger partial charge is 0.486 e. The van der Waals surface area contributed by atoms with Gasteiger partial charge in [-0.2, -0.15) is 0 Å². The lowest BCUT2D eigenvalue weighted by molar-refractivity contribution is -0.142. The molecular formula is C26H29N5O6. The lowest BCUT2D eigenvalue weighted by Crippen LogP contribution is -2.54. The van der Waals surface area contributed by atoms with Crippen LogP contribution in [0.1, 0.15) is 24.5 Å². The van der Waals surface area contributed by atoms with Crippen molar-refractivity contribution in [2.24, 2.45) is 11.1 Å². The number of anilines is 1. The first-order valence-corrected chi connectivity index (χ1v) is 12.1. The molecule has 3 aromatic rings. The Morgan fingerprint density at radius 2 is 1.92 bits per heavy atom. The average molecular weight is 508 g/mol. The number of amides is 2. The van der Waals surface area contributed by atoms with Gasteiger partial charge in [0, 0.05) is 18.8 Å². The van der Waals surface area contributed by atoms with Gasteiger partial charge in [-0.1, -0.05) is 6.07 Å². The van der Waals surface area contributed by atoms with E-state index in [1.165, 1.54) is 7.11 Å². The molecule has 0 unspecified atom stereocenters. The number of primary amides is 1. The fourth-order valence-electron chi connectivity index (χ4n) is 4.78. The monoisotopic (exact) mass is 507 g/mol. The third kappa shape index (κ3) is 4.87. The fourth-order valence-corrected chi connectivity index (χ4v) is 4.78. The summed E-state index contributed by atoms with van der Waals surface area (Å²) in [6.07, 6.45) is 1.24. The van der Waals surface area contributed by atoms with Gasteiger partial charge in [0.1, 0.15) is 24.1 Å². The Kier molecular flexibility index (Phi) is 6.81. The van der Waals surface area contributed by atoms with Crippen molar-refractivity contribution < 1.29 is 28.9 Å². The van der Waals surface area contributed by atoms with Crippen molar-refractivity contribution >= 4 is 28.5 Å². The van der Waals surface area contributed by atoms with Crippen molar-refractivity contribution in [1.29, 1.82) is 0 Å². The van der Waals surface area contributed by atoms with E-state index < -0.39 is 23.3 Å². The Labute approximate surface area is 213 Å². The minimum Gasteiger partial charge on any atom is -0.486 e. The molecule has 0 bridgehead atoms. The van der Waals surface area contributed by atoms with E-state index in [4.69, 9.17) is 19.9 Å². The summed E-state index contributed by atoms with van der Waals surface area (Å²) in [7, 11) is 1.50. The molecule has 2 aliphatic heterocycles. The molecule has 1 atom stereocenters. The van der Waals surface area contributed by atoms with E-state index in [1.54, 1.807) is 36.5 Å². The number of aliphatic hydroxyl groups is 1. The molecule has 2 amide bonds. The van der Waals surface area contributed by atoms with Gasteiger partial charge in [0.15, 0.2) is 11.5 Å². The van der Waals surface area contributed by atoms with E-state index in [9.17, 15) is 14.7 Å². The summed E-state index contributed by atoms with van der Waals surface area (Å²) in [6, 6.07) is 10.4. The smallest absolute Gasteiger partial charge is 0.240 e. The number of nitrogens with zero attached hydrogens (tertiary/aromatic N) is 3. The van der Waals surface area contributed by atoms with Crippen LogP contribution in [0.2, 0.25) is 0 Å². The lowest BCUT2D eigenvalue weighted by atomic mass is 9.76. The number of hydrogen-bond acceptors (Lipinski definition) is 9. The third-order valence-corrected chi connectivity index (χ3v) is 7.01. The van der Waals surface area contributed by atoms with E-state index >= 15 is 0 Å². The number of methoxy groups -OCH3 is 1. The summed E-state index contributed by atoms with van der Waals surface area (Å²) in [5.74, 6) is 0.491. The molecule has 4 heterocycles. The van der Waals surface area contributed by atoms with Gasteiger partial charge in [-0.25, -0.2) is 4.98 Å². The number of β-amino-alcohol motifs (C(OH)–C–C–N with tert-alkyl or cyclic N) is 1. The molecule has 194 valence electrons. The summed E-state index contributed by atoms with van der Waals surface area (Å²) in [6.45, 7) is 2.14. The Hall–Kier alpha value is -3.96. The van der Waals surface area contributed by atoms with Crippen LogP contribution in [-0.2, 0) is 9.59 Å². The molecule has 4 N–H and O–H groups in total. The maximum absolute atomic E-state index is 13.4. The number of likely N-dealkylation sites (tertiary alicyclic amines) is 1. The second-order valence-electron chi connectivity index (χ2n) is 9.20.